The number of nitrogens with zero attached hydrogens (tertiary/aromatic N) is 2. The maximum absolute atomic E-state index is 14.9. The number of thiazole rings is 1. The normalized spacial score (nSPS) is 15.9. The summed E-state index contributed by atoms with van der Waals surface area (Å²) in [7, 11) is 0. The first-order valence-corrected chi connectivity index (χ1v) is 10.5. The van der Waals surface area contributed by atoms with Gasteiger partial charge in [0.05, 0.1) is 18.4 Å². The number of Topliss-reactive ketones (excluding diaryl/α,β-unsaturated/α-hetero) is 1. The fraction of sp³-hybridized carbons (Fsp3) is 0.227. The van der Waals surface area contributed by atoms with Crippen molar-refractivity contribution in [3.05, 3.63) is 59.4 Å². The number of rotatable bonds is 7. The van der Waals surface area contributed by atoms with Gasteiger partial charge in [0.2, 0.25) is 5.78 Å². The van der Waals surface area contributed by atoms with Crippen LogP contribution in [0.5, 0.6) is 0 Å². The van der Waals surface area contributed by atoms with E-state index in [-0.39, 0.29) is 25.6 Å². The number of hydrogen-bond donors (Lipinski definition) is 2. The molecule has 0 saturated carbocycles. The number of primary amides is 1. The van der Waals surface area contributed by atoms with Crippen molar-refractivity contribution >= 4 is 28.7 Å². The predicted molar refractivity (Wildman–Crippen MR) is 115 cm³/mol. The molecule has 3 N–H and O–H groups in total. The summed E-state index contributed by atoms with van der Waals surface area (Å²) < 4.78 is 20.4. The molecule has 7 nitrogen and oxygen atoms in total. The van der Waals surface area contributed by atoms with Gasteiger partial charge in [-0.3, -0.25) is 9.59 Å². The average Bonchev–Trinajstić information content (AvgIpc) is 3.43. The second-order valence-corrected chi connectivity index (χ2v) is 8.03. The Hall–Kier alpha value is -3.14. The Kier molecular flexibility index (Phi) is 6.08. The van der Waals surface area contributed by atoms with E-state index in [0.29, 0.717) is 23.5 Å². The first-order valence-electron chi connectivity index (χ1n) is 9.59. The molecule has 0 spiro atoms. The Bertz CT molecular complexity index is 1120. The van der Waals surface area contributed by atoms with Crippen molar-refractivity contribution in [3.8, 4) is 21.7 Å². The Labute approximate surface area is 181 Å². The van der Waals surface area contributed by atoms with Crippen molar-refractivity contribution in [3.63, 3.8) is 0 Å². The van der Waals surface area contributed by atoms with Gasteiger partial charge in [0.25, 0.3) is 5.91 Å². The summed E-state index contributed by atoms with van der Waals surface area (Å²) in [6.07, 6.45) is -0.537. The fourth-order valence-electron chi connectivity index (χ4n) is 3.40. The van der Waals surface area contributed by atoms with Gasteiger partial charge in [-0.1, -0.05) is 24.3 Å². The third-order valence-corrected chi connectivity index (χ3v) is 5.99. The summed E-state index contributed by atoms with van der Waals surface area (Å²) in [5, 5.41) is 11.8. The molecule has 1 fully saturated rings. The van der Waals surface area contributed by atoms with Crippen LogP contribution in [0.15, 0.2) is 47.8 Å². The number of anilines is 1. The molecule has 1 atom stereocenters. The Morgan fingerprint density at radius 2 is 1.97 bits per heavy atom. The Balaban J connectivity index is 1.46. The standard InChI is InChI=1S/C22H20FN3O4S/c23-19-7-16(26-9-17(30-12-26)8-20(28)21(24)29)5-6-18(19)13-1-3-14(4-2-13)22-25-15(10-27)11-31-22/h1-7,11,17,27H,8-10,12H2,(H2,24,29)/t17-/m0/s1. The monoisotopic (exact) mass is 441 g/mol. The van der Waals surface area contributed by atoms with Gasteiger partial charge in [-0.2, -0.15) is 0 Å². The number of benzene rings is 2. The third-order valence-electron chi connectivity index (χ3n) is 5.05. The zero-order valence-corrected chi connectivity index (χ0v) is 17.3. The zero-order chi connectivity index (χ0) is 22.0. The van der Waals surface area contributed by atoms with E-state index in [1.165, 1.54) is 17.4 Å². The average molecular weight is 441 g/mol. The van der Waals surface area contributed by atoms with E-state index >= 15 is 0 Å². The molecule has 1 amide bonds. The van der Waals surface area contributed by atoms with Crippen LogP contribution >= 0.6 is 11.3 Å². The van der Waals surface area contributed by atoms with Crippen LogP contribution in [0.25, 0.3) is 21.7 Å². The minimum absolute atomic E-state index is 0.0857. The smallest absolute Gasteiger partial charge is 0.284 e. The van der Waals surface area contributed by atoms with Crippen LogP contribution in [-0.2, 0) is 20.9 Å². The highest BCUT2D eigenvalue weighted by Crippen LogP contribution is 2.31. The van der Waals surface area contributed by atoms with Crippen molar-refractivity contribution in [1.82, 2.24) is 4.98 Å². The Morgan fingerprint density at radius 3 is 2.61 bits per heavy atom. The maximum atomic E-state index is 14.9. The highest BCUT2D eigenvalue weighted by Gasteiger charge is 2.27. The van der Waals surface area contributed by atoms with Gasteiger partial charge in [0.1, 0.15) is 17.6 Å². The van der Waals surface area contributed by atoms with E-state index in [0.717, 1.165) is 16.1 Å². The topological polar surface area (TPSA) is 106 Å². The molecule has 0 radical (unpaired) electrons. The summed E-state index contributed by atoms with van der Waals surface area (Å²) in [6.45, 7) is 0.473. The molecule has 0 aliphatic carbocycles. The van der Waals surface area contributed by atoms with Crippen LogP contribution in [0.1, 0.15) is 12.1 Å². The minimum Gasteiger partial charge on any atom is -0.390 e. The van der Waals surface area contributed by atoms with Crippen molar-refractivity contribution < 1.29 is 23.8 Å². The largest absolute Gasteiger partial charge is 0.390 e. The molecule has 1 aromatic heterocycles. The lowest BCUT2D eigenvalue weighted by Crippen LogP contribution is -2.29. The van der Waals surface area contributed by atoms with Crippen LogP contribution < -0.4 is 10.6 Å². The van der Waals surface area contributed by atoms with E-state index in [2.05, 4.69) is 4.98 Å². The lowest BCUT2D eigenvalue weighted by molar-refractivity contribution is -0.137. The number of halogens is 1. The molecule has 9 heteroatoms. The fourth-order valence-corrected chi connectivity index (χ4v) is 4.21. The summed E-state index contributed by atoms with van der Waals surface area (Å²) >= 11 is 1.44. The highest BCUT2D eigenvalue weighted by atomic mass is 32.1. The number of hydrogen-bond acceptors (Lipinski definition) is 7. The number of ether oxygens (including phenoxy) is 1. The summed E-state index contributed by atoms with van der Waals surface area (Å²) in [4.78, 5) is 28.5. The summed E-state index contributed by atoms with van der Waals surface area (Å²) in [5.41, 5.74) is 8.33. The number of aliphatic hydroxyl groups is 1. The molecule has 0 bridgehead atoms. The van der Waals surface area contributed by atoms with Gasteiger partial charge in [0.15, 0.2) is 0 Å². The molecule has 1 aliphatic rings. The van der Waals surface area contributed by atoms with E-state index in [9.17, 15) is 14.0 Å². The summed E-state index contributed by atoms with van der Waals surface area (Å²) in [5.74, 6) is -2.03. The van der Waals surface area contributed by atoms with Crippen LogP contribution in [0.4, 0.5) is 10.1 Å². The van der Waals surface area contributed by atoms with Crippen molar-refractivity contribution in [2.75, 3.05) is 18.2 Å². The van der Waals surface area contributed by atoms with Crippen molar-refractivity contribution in [2.24, 2.45) is 5.73 Å². The summed E-state index contributed by atoms with van der Waals surface area (Å²) in [6, 6.07) is 12.3. The molecule has 2 aromatic carbocycles. The highest BCUT2D eigenvalue weighted by molar-refractivity contribution is 7.13. The van der Waals surface area contributed by atoms with Gasteiger partial charge in [-0.05, 0) is 23.8 Å². The molecule has 1 saturated heterocycles. The first-order chi connectivity index (χ1) is 14.9. The zero-order valence-electron chi connectivity index (χ0n) is 16.5. The van der Waals surface area contributed by atoms with E-state index in [4.69, 9.17) is 15.6 Å². The lowest BCUT2D eigenvalue weighted by Gasteiger charge is -2.17. The van der Waals surface area contributed by atoms with Crippen molar-refractivity contribution in [1.29, 1.82) is 0 Å². The van der Waals surface area contributed by atoms with Crippen LogP contribution in [-0.4, -0.2) is 41.2 Å². The number of ketones is 1. The van der Waals surface area contributed by atoms with E-state index in [1.54, 1.807) is 22.4 Å². The molecule has 160 valence electrons. The number of amides is 1. The molecule has 3 aromatic rings. The van der Waals surface area contributed by atoms with Gasteiger partial charge in [-0.15, -0.1) is 11.3 Å². The number of carbonyl (C=O) groups excluding carboxylic acids is 2. The van der Waals surface area contributed by atoms with Crippen LogP contribution in [0.3, 0.4) is 0 Å². The quantitative estimate of drug-likeness (QED) is 0.546. The Morgan fingerprint density at radius 1 is 1.23 bits per heavy atom. The number of nitrogens with two attached hydrogens (primary N) is 1. The second kappa shape index (κ2) is 8.93. The minimum atomic E-state index is -0.979. The van der Waals surface area contributed by atoms with Gasteiger partial charge in [-0.25, -0.2) is 9.37 Å². The molecule has 2 heterocycles. The second-order valence-electron chi connectivity index (χ2n) is 7.18. The molecular formula is C22H20FN3O4S. The van der Waals surface area contributed by atoms with Gasteiger partial charge >= 0.3 is 0 Å². The SMILES string of the molecule is NC(=O)C(=O)C[C@H]1CN(c2ccc(-c3ccc(-c4nc(CO)cs4)cc3)c(F)c2)CO1. The maximum Gasteiger partial charge on any atom is 0.284 e. The number of aliphatic hydroxyl groups excluding tert-OH is 1. The number of aromatic nitrogens is 1. The lowest BCUT2D eigenvalue weighted by atomic mass is 10.0. The van der Waals surface area contributed by atoms with Crippen molar-refractivity contribution in [2.45, 2.75) is 19.1 Å². The first kappa shape index (κ1) is 21.1. The van der Waals surface area contributed by atoms with E-state index in [1.807, 2.05) is 24.3 Å². The molecule has 31 heavy (non-hydrogen) atoms. The molecule has 1 aliphatic heterocycles. The predicted octanol–water partition coefficient (Wildman–Crippen LogP) is 2.72. The molecule has 4 rings (SSSR count). The third kappa shape index (κ3) is 4.63. The van der Waals surface area contributed by atoms with Gasteiger partial charge < -0.3 is 20.5 Å². The van der Waals surface area contributed by atoms with E-state index < -0.39 is 17.8 Å². The van der Waals surface area contributed by atoms with Crippen LogP contribution in [0, 0.1) is 5.82 Å². The van der Waals surface area contributed by atoms with Gasteiger partial charge in [0, 0.05) is 35.2 Å². The number of carbonyl (C=O) groups is 2. The van der Waals surface area contributed by atoms with Crippen LogP contribution in [0.2, 0.25) is 0 Å². The molecular weight excluding hydrogens is 421 g/mol. The molecule has 0 unspecified atom stereocenters.